The average molecular weight is 488 g/mol. The molecule has 1 unspecified atom stereocenters. The summed E-state index contributed by atoms with van der Waals surface area (Å²) in [4.78, 5) is 42.6. The number of rotatable bonds is 10. The van der Waals surface area contributed by atoms with Crippen molar-refractivity contribution >= 4 is 34.2 Å². The van der Waals surface area contributed by atoms with Crippen LogP contribution in [0.25, 0.3) is 10.8 Å². The second-order valence-corrected chi connectivity index (χ2v) is 9.45. The Bertz CT molecular complexity index is 1280. The zero-order valence-electron chi connectivity index (χ0n) is 21.3. The van der Waals surface area contributed by atoms with Crippen LogP contribution in [0.5, 0.6) is 5.75 Å². The van der Waals surface area contributed by atoms with Crippen LogP contribution < -0.4 is 15.0 Å². The molecule has 188 valence electrons. The number of amides is 3. The van der Waals surface area contributed by atoms with Gasteiger partial charge in [-0.1, -0.05) is 36.4 Å². The Balaban J connectivity index is 1.47. The lowest BCUT2D eigenvalue weighted by Crippen LogP contribution is -2.49. The number of carbonyl (C=O) groups excluding carboxylic acids is 3. The van der Waals surface area contributed by atoms with E-state index < -0.39 is 6.04 Å². The third-order valence-corrected chi connectivity index (χ3v) is 6.51. The Kier molecular flexibility index (Phi) is 7.58. The molecule has 0 aliphatic carbocycles. The first-order chi connectivity index (χ1) is 17.3. The lowest BCUT2D eigenvalue weighted by molar-refractivity contribution is -0.140. The van der Waals surface area contributed by atoms with Gasteiger partial charge in [0, 0.05) is 36.5 Å². The van der Waals surface area contributed by atoms with Gasteiger partial charge in [0.15, 0.2) is 0 Å². The first-order valence-corrected chi connectivity index (χ1v) is 12.4. The van der Waals surface area contributed by atoms with Crippen LogP contribution in [0.15, 0.2) is 60.7 Å². The Morgan fingerprint density at radius 2 is 1.75 bits per heavy atom. The molecule has 1 aliphatic heterocycles. The maximum atomic E-state index is 13.4. The highest BCUT2D eigenvalue weighted by Crippen LogP contribution is 2.37. The molecule has 0 radical (unpaired) electrons. The summed E-state index contributed by atoms with van der Waals surface area (Å²) >= 11 is 0. The smallest absolute Gasteiger partial charge is 0.258 e. The number of anilines is 1. The fourth-order valence-electron chi connectivity index (χ4n) is 4.69. The first kappa shape index (κ1) is 25.2. The second-order valence-electron chi connectivity index (χ2n) is 9.45. The summed E-state index contributed by atoms with van der Waals surface area (Å²) in [5.74, 6) is 0.331. The highest BCUT2D eigenvalue weighted by atomic mass is 16.5. The topological polar surface area (TPSA) is 79.0 Å². The summed E-state index contributed by atoms with van der Waals surface area (Å²) in [6.45, 7) is 6.25. The van der Waals surface area contributed by atoms with Gasteiger partial charge in [0.2, 0.25) is 11.8 Å². The lowest BCUT2D eigenvalue weighted by Gasteiger charge is -2.30. The molecule has 3 aromatic carbocycles. The second kappa shape index (κ2) is 10.8. The molecule has 4 rings (SSSR count). The van der Waals surface area contributed by atoms with Crippen LogP contribution in [0.2, 0.25) is 0 Å². The Hall–Kier alpha value is -3.87. The normalized spacial score (nSPS) is 13.2. The molecule has 0 fully saturated rings. The zero-order chi connectivity index (χ0) is 25.8. The van der Waals surface area contributed by atoms with E-state index in [1.807, 2.05) is 74.5 Å². The number of hydrogen-bond acceptors (Lipinski definition) is 4. The number of carbonyl (C=O) groups is 3. The maximum Gasteiger partial charge on any atom is 0.258 e. The van der Waals surface area contributed by atoms with Crippen LogP contribution in [0, 0.1) is 0 Å². The summed E-state index contributed by atoms with van der Waals surface area (Å²) in [5, 5.41) is 4.91. The van der Waals surface area contributed by atoms with Gasteiger partial charge in [0.25, 0.3) is 5.91 Å². The van der Waals surface area contributed by atoms with E-state index in [-0.39, 0.29) is 36.7 Å². The van der Waals surface area contributed by atoms with Crippen LogP contribution in [-0.2, 0) is 16.1 Å². The maximum absolute atomic E-state index is 13.4. The van der Waals surface area contributed by atoms with Gasteiger partial charge < -0.3 is 19.9 Å². The Morgan fingerprint density at radius 3 is 2.47 bits per heavy atom. The van der Waals surface area contributed by atoms with Crippen molar-refractivity contribution in [2.45, 2.75) is 52.2 Å². The predicted molar refractivity (Wildman–Crippen MR) is 141 cm³/mol. The molecule has 0 bridgehead atoms. The lowest BCUT2D eigenvalue weighted by atomic mass is 10.1. The van der Waals surface area contributed by atoms with Gasteiger partial charge in [-0.05, 0) is 62.4 Å². The molecule has 0 spiro atoms. The van der Waals surface area contributed by atoms with E-state index in [0.29, 0.717) is 24.3 Å². The number of nitrogens with zero attached hydrogens (tertiary/aromatic N) is 2. The van der Waals surface area contributed by atoms with E-state index >= 15 is 0 Å². The largest absolute Gasteiger partial charge is 0.497 e. The van der Waals surface area contributed by atoms with Crippen LogP contribution in [0.1, 0.15) is 49.5 Å². The monoisotopic (exact) mass is 487 g/mol. The van der Waals surface area contributed by atoms with Gasteiger partial charge in [0.05, 0.1) is 12.8 Å². The van der Waals surface area contributed by atoms with Crippen molar-refractivity contribution in [1.82, 2.24) is 10.2 Å². The van der Waals surface area contributed by atoms with E-state index in [4.69, 9.17) is 4.74 Å². The van der Waals surface area contributed by atoms with E-state index in [2.05, 4.69) is 5.32 Å². The number of benzene rings is 3. The van der Waals surface area contributed by atoms with E-state index in [1.54, 1.807) is 23.8 Å². The van der Waals surface area contributed by atoms with E-state index in [9.17, 15) is 14.4 Å². The quantitative estimate of drug-likeness (QED) is 0.456. The highest BCUT2D eigenvalue weighted by Gasteiger charge is 2.30. The standard InChI is InChI=1S/C29H33N3O4/c1-19(2)30-28(34)20(3)32(18-21-9-5-12-23(17-21)36-4)26(33)15-8-16-31-25-14-7-11-22-10-6-13-24(27(22)25)29(31)35/h5-7,9-14,17,19-20H,8,15-16,18H2,1-4H3,(H,30,34). The molecule has 0 saturated heterocycles. The van der Waals surface area contributed by atoms with Gasteiger partial charge in [-0.2, -0.15) is 0 Å². The molecule has 7 heteroatoms. The summed E-state index contributed by atoms with van der Waals surface area (Å²) in [7, 11) is 1.60. The molecule has 3 amide bonds. The molecule has 0 aromatic heterocycles. The van der Waals surface area contributed by atoms with Crippen LogP contribution in [0.3, 0.4) is 0 Å². The van der Waals surface area contributed by atoms with E-state index in [1.165, 1.54) is 0 Å². The molecule has 1 N–H and O–H groups in total. The molecule has 1 aliphatic rings. The first-order valence-electron chi connectivity index (χ1n) is 12.4. The minimum absolute atomic E-state index is 0.0285. The Morgan fingerprint density at radius 1 is 1.03 bits per heavy atom. The molecule has 36 heavy (non-hydrogen) atoms. The number of nitrogens with one attached hydrogen (secondary N) is 1. The van der Waals surface area contributed by atoms with Crippen molar-refractivity contribution in [2.24, 2.45) is 0 Å². The third-order valence-electron chi connectivity index (χ3n) is 6.51. The van der Waals surface area contributed by atoms with Gasteiger partial charge in [-0.3, -0.25) is 14.4 Å². The summed E-state index contributed by atoms with van der Waals surface area (Å²) < 4.78 is 5.32. The van der Waals surface area contributed by atoms with Crippen LogP contribution in [-0.4, -0.2) is 48.4 Å². The third kappa shape index (κ3) is 5.20. The van der Waals surface area contributed by atoms with Crippen molar-refractivity contribution in [2.75, 3.05) is 18.6 Å². The van der Waals surface area contributed by atoms with Crippen LogP contribution >= 0.6 is 0 Å². The fraction of sp³-hybridized carbons (Fsp3) is 0.345. The van der Waals surface area contributed by atoms with Crippen LogP contribution in [0.4, 0.5) is 5.69 Å². The summed E-state index contributed by atoms with van der Waals surface area (Å²) in [6.07, 6.45) is 0.710. The Labute approximate surface area is 212 Å². The zero-order valence-corrected chi connectivity index (χ0v) is 21.3. The van der Waals surface area contributed by atoms with Crippen molar-refractivity contribution < 1.29 is 19.1 Å². The SMILES string of the molecule is COc1cccc(CN(C(=O)CCCN2C(=O)c3cccc4cccc2c34)C(C)C(=O)NC(C)C)c1. The van der Waals surface area contributed by atoms with E-state index in [0.717, 1.165) is 22.0 Å². The molecular weight excluding hydrogens is 454 g/mol. The van der Waals surface area contributed by atoms with Crippen molar-refractivity contribution in [3.63, 3.8) is 0 Å². The molecule has 0 saturated carbocycles. The van der Waals surface area contributed by atoms with Crippen molar-refractivity contribution in [1.29, 1.82) is 0 Å². The predicted octanol–water partition coefficient (Wildman–Crippen LogP) is 4.53. The number of hydrogen-bond donors (Lipinski definition) is 1. The summed E-state index contributed by atoms with van der Waals surface area (Å²) in [6, 6.07) is 18.5. The van der Waals surface area contributed by atoms with Crippen molar-refractivity contribution in [3.8, 4) is 5.75 Å². The van der Waals surface area contributed by atoms with Crippen molar-refractivity contribution in [3.05, 3.63) is 71.8 Å². The number of ether oxygens (including phenoxy) is 1. The van der Waals surface area contributed by atoms with Gasteiger partial charge in [-0.25, -0.2) is 0 Å². The number of methoxy groups -OCH3 is 1. The highest BCUT2D eigenvalue weighted by molar-refractivity contribution is 6.25. The molecular formula is C29H33N3O4. The average Bonchev–Trinajstić information content (AvgIpc) is 3.14. The minimum Gasteiger partial charge on any atom is -0.497 e. The van der Waals surface area contributed by atoms with Gasteiger partial charge >= 0.3 is 0 Å². The molecule has 7 nitrogen and oxygen atoms in total. The van der Waals surface area contributed by atoms with Gasteiger partial charge in [-0.15, -0.1) is 0 Å². The summed E-state index contributed by atoms with van der Waals surface area (Å²) in [5.41, 5.74) is 2.47. The fourth-order valence-corrected chi connectivity index (χ4v) is 4.69. The molecule has 1 heterocycles. The molecule has 1 atom stereocenters. The molecule has 3 aromatic rings. The minimum atomic E-state index is -0.641. The van der Waals surface area contributed by atoms with Gasteiger partial charge in [0.1, 0.15) is 11.8 Å².